The molecule has 1 unspecified atom stereocenters. The Bertz CT molecular complexity index is 992. The van der Waals surface area contributed by atoms with E-state index in [4.69, 9.17) is 0 Å². The number of carbonyl (C=O) groups excluding carboxylic acids is 1. The summed E-state index contributed by atoms with van der Waals surface area (Å²) in [5.74, 6) is -6.02. The molecule has 34 heavy (non-hydrogen) atoms. The highest BCUT2D eigenvalue weighted by Gasteiger charge is 2.70. The third-order valence-corrected chi connectivity index (χ3v) is 5.58. The number of halogens is 5. The maximum absolute atomic E-state index is 16.7. The number of hydrogen-bond acceptors (Lipinski definition) is 2. The molecule has 0 amide bonds. The Balaban J connectivity index is 2.42. The van der Waals surface area contributed by atoms with E-state index in [-0.39, 0.29) is 16.7 Å². The Labute approximate surface area is 195 Å². The molecule has 0 aliphatic carbocycles. The van der Waals surface area contributed by atoms with Crippen LogP contribution >= 0.6 is 0 Å². The van der Waals surface area contributed by atoms with Crippen molar-refractivity contribution in [1.29, 1.82) is 0 Å². The molecule has 0 saturated heterocycles. The van der Waals surface area contributed by atoms with Crippen LogP contribution in [0.25, 0.3) is 0 Å². The van der Waals surface area contributed by atoms with Crippen LogP contribution in [-0.2, 0) is 14.9 Å². The largest absolute Gasteiger partial charge is 0.446 e. The Morgan fingerprint density at radius 3 is 1.24 bits per heavy atom. The van der Waals surface area contributed by atoms with Gasteiger partial charge in [-0.25, -0.2) is 8.78 Å². The van der Waals surface area contributed by atoms with Crippen molar-refractivity contribution in [2.75, 3.05) is 0 Å². The topological polar surface area (TPSA) is 26.3 Å². The minimum absolute atomic E-state index is 0.0709. The van der Waals surface area contributed by atoms with Crippen LogP contribution in [-0.4, -0.2) is 24.2 Å². The summed E-state index contributed by atoms with van der Waals surface area (Å²) in [6, 6.07) is 21.8. The Morgan fingerprint density at radius 2 is 0.971 bits per heavy atom. The van der Waals surface area contributed by atoms with Crippen LogP contribution in [0.15, 0.2) is 91.0 Å². The maximum Gasteiger partial charge on any atom is 0.431 e. The summed E-state index contributed by atoms with van der Waals surface area (Å²) < 4.78 is 80.9. The van der Waals surface area contributed by atoms with Gasteiger partial charge >= 0.3 is 18.1 Å². The Morgan fingerprint density at radius 1 is 0.647 bits per heavy atom. The second kappa shape index (κ2) is 9.20. The highest BCUT2D eigenvalue weighted by atomic mass is 19.4. The fourth-order valence-electron chi connectivity index (χ4n) is 3.97. The van der Waals surface area contributed by atoms with Gasteiger partial charge in [0.15, 0.2) is 0 Å². The van der Waals surface area contributed by atoms with Crippen molar-refractivity contribution in [3.8, 4) is 0 Å². The molecule has 3 aromatic rings. The molecule has 0 aliphatic heterocycles. The first-order valence-corrected chi connectivity index (χ1v) is 10.6. The molecule has 180 valence electrons. The number of esters is 1. The minimum Gasteiger partial charge on any atom is -0.446 e. The predicted molar refractivity (Wildman–Crippen MR) is 120 cm³/mol. The minimum atomic E-state index is -5.55. The molecule has 0 heterocycles. The second-order valence-corrected chi connectivity index (χ2v) is 9.05. The average Bonchev–Trinajstić information content (AvgIpc) is 2.78. The van der Waals surface area contributed by atoms with Gasteiger partial charge in [0.25, 0.3) is 6.10 Å². The van der Waals surface area contributed by atoms with Gasteiger partial charge in [-0.05, 0) is 37.5 Å². The van der Waals surface area contributed by atoms with Crippen LogP contribution in [0.2, 0.25) is 0 Å². The van der Waals surface area contributed by atoms with E-state index in [1.807, 2.05) is 0 Å². The summed E-state index contributed by atoms with van der Waals surface area (Å²) >= 11 is 0. The zero-order valence-electron chi connectivity index (χ0n) is 18.9. The lowest BCUT2D eigenvalue weighted by atomic mass is 9.63. The average molecular weight is 476 g/mol. The van der Waals surface area contributed by atoms with Crippen LogP contribution in [0.3, 0.4) is 0 Å². The Kier molecular flexibility index (Phi) is 6.87. The molecule has 0 aromatic heterocycles. The zero-order chi connectivity index (χ0) is 25.2. The zero-order valence-corrected chi connectivity index (χ0v) is 18.9. The fraction of sp³-hybridized carbons (Fsp3) is 0.296. The van der Waals surface area contributed by atoms with Crippen LogP contribution in [0.5, 0.6) is 0 Å². The lowest BCUT2D eigenvalue weighted by molar-refractivity contribution is -0.289. The summed E-state index contributed by atoms with van der Waals surface area (Å²) in [5, 5.41) is 0. The summed E-state index contributed by atoms with van der Waals surface area (Å²) in [6.07, 6.45) is -9.25. The van der Waals surface area contributed by atoms with Gasteiger partial charge < -0.3 is 4.74 Å². The molecule has 0 N–H and O–H groups in total. The van der Waals surface area contributed by atoms with Gasteiger partial charge in [0, 0.05) is 0 Å². The molecule has 0 fully saturated rings. The van der Waals surface area contributed by atoms with Crippen LogP contribution < -0.4 is 0 Å². The number of hydrogen-bond donors (Lipinski definition) is 0. The lowest BCUT2D eigenvalue weighted by Gasteiger charge is -2.45. The first-order valence-electron chi connectivity index (χ1n) is 10.6. The first kappa shape index (κ1) is 25.4. The number of rotatable bonds is 6. The molecule has 0 radical (unpaired) electrons. The molecule has 3 rings (SSSR count). The number of carbonyl (C=O) groups is 1. The molecule has 3 aromatic carbocycles. The maximum atomic E-state index is 16.7. The van der Waals surface area contributed by atoms with Gasteiger partial charge in [0.05, 0.1) is 5.41 Å². The van der Waals surface area contributed by atoms with E-state index in [1.165, 1.54) is 93.6 Å². The van der Waals surface area contributed by atoms with E-state index in [9.17, 15) is 18.0 Å². The first-order chi connectivity index (χ1) is 15.8. The quantitative estimate of drug-likeness (QED) is 0.214. The number of benzene rings is 3. The molecule has 0 bridgehead atoms. The lowest BCUT2D eigenvalue weighted by Crippen LogP contribution is -2.60. The molecule has 7 heteroatoms. The molecule has 2 nitrogen and oxygen atoms in total. The van der Waals surface area contributed by atoms with Crippen molar-refractivity contribution in [3.05, 3.63) is 108 Å². The molecule has 0 aliphatic rings. The second-order valence-electron chi connectivity index (χ2n) is 9.05. The van der Waals surface area contributed by atoms with Gasteiger partial charge in [0.2, 0.25) is 0 Å². The van der Waals surface area contributed by atoms with E-state index in [2.05, 4.69) is 4.74 Å². The van der Waals surface area contributed by atoms with E-state index in [0.717, 1.165) is 0 Å². The Hall–Kier alpha value is -3.22. The van der Waals surface area contributed by atoms with Crippen molar-refractivity contribution in [1.82, 2.24) is 0 Å². The van der Waals surface area contributed by atoms with Crippen LogP contribution in [0.1, 0.15) is 37.5 Å². The van der Waals surface area contributed by atoms with E-state index in [0.29, 0.717) is 0 Å². The van der Waals surface area contributed by atoms with E-state index >= 15 is 8.78 Å². The highest BCUT2D eigenvalue weighted by molar-refractivity contribution is 5.75. The van der Waals surface area contributed by atoms with Gasteiger partial charge in [-0.15, -0.1) is 0 Å². The van der Waals surface area contributed by atoms with Crippen LogP contribution in [0, 0.1) is 5.41 Å². The number of alkyl halides is 5. The van der Waals surface area contributed by atoms with Gasteiger partial charge in [0.1, 0.15) is 5.41 Å². The van der Waals surface area contributed by atoms with E-state index in [1.54, 1.807) is 18.2 Å². The molecular formula is C27H25F5O2. The third kappa shape index (κ3) is 4.56. The monoisotopic (exact) mass is 476 g/mol. The molecule has 0 spiro atoms. The van der Waals surface area contributed by atoms with Gasteiger partial charge in [-0.2, -0.15) is 13.2 Å². The smallest absolute Gasteiger partial charge is 0.431 e. The predicted octanol–water partition coefficient (Wildman–Crippen LogP) is 7.18. The van der Waals surface area contributed by atoms with Crippen molar-refractivity contribution < 1.29 is 31.5 Å². The third-order valence-electron chi connectivity index (χ3n) is 5.58. The summed E-state index contributed by atoms with van der Waals surface area (Å²) in [5.41, 5.74) is -4.25. The van der Waals surface area contributed by atoms with Crippen molar-refractivity contribution in [2.45, 2.75) is 44.4 Å². The fourth-order valence-corrected chi connectivity index (χ4v) is 3.97. The summed E-state index contributed by atoms with van der Waals surface area (Å²) in [7, 11) is 0. The number of ether oxygens (including phenoxy) is 1. The summed E-state index contributed by atoms with van der Waals surface area (Å²) in [4.78, 5) is 12.4. The highest BCUT2D eigenvalue weighted by Crippen LogP contribution is 2.55. The SMILES string of the molecule is CC(C)(C)C(=O)OC(C(F)(F)F)C(F)(F)C(c1ccccc1)(c1ccccc1)c1ccccc1. The molecule has 0 saturated carbocycles. The van der Waals surface area contributed by atoms with E-state index < -0.39 is 35.0 Å². The molecular weight excluding hydrogens is 451 g/mol. The van der Waals surface area contributed by atoms with Crippen molar-refractivity contribution in [2.24, 2.45) is 5.41 Å². The van der Waals surface area contributed by atoms with Gasteiger partial charge in [-0.1, -0.05) is 91.0 Å². The standard InChI is InChI=1S/C27H25F5O2/c1-24(2,3)23(33)34-22(27(30,31)32)26(28,29)25(19-13-7-4-8-14-19,20-15-9-5-10-16-20)21-17-11-6-12-18-21/h4-18,22H,1-3H3. The van der Waals surface area contributed by atoms with Crippen molar-refractivity contribution >= 4 is 5.97 Å². The molecule has 1 atom stereocenters. The van der Waals surface area contributed by atoms with Gasteiger partial charge in [-0.3, -0.25) is 4.79 Å². The summed E-state index contributed by atoms with van der Waals surface area (Å²) in [6.45, 7) is 3.92. The van der Waals surface area contributed by atoms with Crippen molar-refractivity contribution in [3.63, 3.8) is 0 Å². The van der Waals surface area contributed by atoms with Crippen LogP contribution in [0.4, 0.5) is 22.0 Å². The normalized spacial score (nSPS) is 13.9.